The number of aliphatic carboxylic acids is 1. The molecule has 2 atom stereocenters. The first kappa shape index (κ1) is 29.5. The third-order valence-corrected chi connectivity index (χ3v) is 7.63. The molecular weight excluding hydrogens is 518 g/mol. The number of carboxylic acids is 1. The number of hydrogen-bond acceptors (Lipinski definition) is 5. The molecule has 8 heteroatoms. The zero-order valence-electron chi connectivity index (χ0n) is 23.5. The average Bonchev–Trinajstić information content (AvgIpc) is 3.78. The molecule has 0 amide bonds. The van der Waals surface area contributed by atoms with Crippen LogP contribution in [0.2, 0.25) is 0 Å². The van der Waals surface area contributed by atoms with Gasteiger partial charge in [-0.25, -0.2) is 8.78 Å². The average molecular weight is 555 g/mol. The van der Waals surface area contributed by atoms with Gasteiger partial charge in [-0.2, -0.15) is 0 Å². The van der Waals surface area contributed by atoms with Crippen molar-refractivity contribution in [2.45, 2.75) is 57.3 Å². The van der Waals surface area contributed by atoms with E-state index in [0.717, 1.165) is 12.8 Å². The first-order chi connectivity index (χ1) is 19.1. The van der Waals surface area contributed by atoms with Gasteiger partial charge in [0.1, 0.15) is 24.3 Å². The van der Waals surface area contributed by atoms with Crippen LogP contribution in [0.15, 0.2) is 54.6 Å². The molecule has 1 aliphatic rings. The highest BCUT2D eigenvalue weighted by molar-refractivity contribution is 5.71. The van der Waals surface area contributed by atoms with Crippen molar-refractivity contribution in [2.24, 2.45) is 5.92 Å². The van der Waals surface area contributed by atoms with Gasteiger partial charge in [-0.05, 0) is 85.2 Å². The topological polar surface area (TPSA) is 74.2 Å². The lowest BCUT2D eigenvalue weighted by molar-refractivity contribution is -0.137. The minimum atomic E-state index is -0.950. The fourth-order valence-corrected chi connectivity index (χ4v) is 5.20. The first-order valence-corrected chi connectivity index (χ1v) is 13.3. The molecule has 0 aromatic heterocycles. The zero-order chi connectivity index (χ0) is 29.0. The predicted molar refractivity (Wildman–Crippen MR) is 148 cm³/mol. The molecule has 40 heavy (non-hydrogen) atoms. The van der Waals surface area contributed by atoms with Gasteiger partial charge in [-0.15, -0.1) is 0 Å². The number of carboxylic acid groups (broad SMARTS) is 1. The number of benzene rings is 3. The molecule has 1 N–H and O–H groups in total. The van der Waals surface area contributed by atoms with E-state index in [0.29, 0.717) is 33.6 Å². The van der Waals surface area contributed by atoms with Crippen molar-refractivity contribution in [3.05, 3.63) is 82.9 Å². The number of methoxy groups -OCH3 is 3. The van der Waals surface area contributed by atoms with E-state index in [1.807, 2.05) is 19.9 Å². The van der Waals surface area contributed by atoms with Gasteiger partial charge >= 0.3 is 5.97 Å². The summed E-state index contributed by atoms with van der Waals surface area (Å²) in [5, 5.41) is 9.35. The van der Waals surface area contributed by atoms with Gasteiger partial charge in [0.25, 0.3) is 0 Å². The Bertz CT molecular complexity index is 1350. The van der Waals surface area contributed by atoms with Crippen molar-refractivity contribution in [1.29, 1.82) is 0 Å². The second kappa shape index (κ2) is 12.4. The molecule has 1 saturated carbocycles. The van der Waals surface area contributed by atoms with Gasteiger partial charge in [0.05, 0.1) is 19.1 Å². The Morgan fingerprint density at radius 3 is 2.38 bits per heavy atom. The second-order valence-electron chi connectivity index (χ2n) is 10.7. The minimum Gasteiger partial charge on any atom is -0.497 e. The van der Waals surface area contributed by atoms with Gasteiger partial charge in [0.2, 0.25) is 0 Å². The summed E-state index contributed by atoms with van der Waals surface area (Å²) in [5.41, 5.74) is 1.94. The normalized spacial score (nSPS) is 15.0. The summed E-state index contributed by atoms with van der Waals surface area (Å²) in [4.78, 5) is 11.4. The highest BCUT2D eigenvalue weighted by Crippen LogP contribution is 2.46. The Kier molecular flexibility index (Phi) is 9.11. The number of carbonyl (C=O) groups is 1. The van der Waals surface area contributed by atoms with Crippen LogP contribution >= 0.6 is 0 Å². The Balaban J connectivity index is 1.69. The van der Waals surface area contributed by atoms with Crippen molar-refractivity contribution in [1.82, 2.24) is 0 Å². The van der Waals surface area contributed by atoms with E-state index < -0.39 is 29.3 Å². The maximum atomic E-state index is 15.5. The van der Waals surface area contributed by atoms with Crippen LogP contribution in [0.1, 0.15) is 61.8 Å². The molecule has 0 bridgehead atoms. The van der Waals surface area contributed by atoms with Gasteiger partial charge < -0.3 is 24.1 Å². The van der Waals surface area contributed by atoms with Crippen LogP contribution in [0.4, 0.5) is 8.78 Å². The standard InChI is InChI=1S/C32H36F2O6/c1-32(2,39-5)31(38-4)26-15-19(9-13-22(26)25-16-21(37-3)12-14-27(25)33)18-40-28-8-6-7-23(30(28)34)24(17-29(35)36)20-10-11-20/h6-9,12-16,20,24,31H,10-11,17-18H2,1-5H3,(H,35,36)/t24-,31-/m1/s1. The molecule has 3 aromatic rings. The quantitative estimate of drug-likeness (QED) is 0.239. The number of halogens is 2. The van der Waals surface area contributed by atoms with E-state index in [-0.39, 0.29) is 30.6 Å². The van der Waals surface area contributed by atoms with E-state index in [1.54, 1.807) is 50.6 Å². The van der Waals surface area contributed by atoms with Crippen LogP contribution in [-0.4, -0.2) is 38.0 Å². The molecule has 1 fully saturated rings. The van der Waals surface area contributed by atoms with E-state index in [2.05, 4.69) is 0 Å². The maximum Gasteiger partial charge on any atom is 0.303 e. The fourth-order valence-electron chi connectivity index (χ4n) is 5.20. The third-order valence-electron chi connectivity index (χ3n) is 7.63. The molecular formula is C32H36F2O6. The zero-order valence-corrected chi connectivity index (χ0v) is 23.5. The summed E-state index contributed by atoms with van der Waals surface area (Å²) in [6.07, 6.45) is 1.09. The lowest BCUT2D eigenvalue weighted by atomic mass is 9.87. The highest BCUT2D eigenvalue weighted by atomic mass is 19.1. The van der Waals surface area contributed by atoms with E-state index in [1.165, 1.54) is 19.2 Å². The third kappa shape index (κ3) is 6.45. The summed E-state index contributed by atoms with van der Waals surface area (Å²) in [6.45, 7) is 3.79. The Morgan fingerprint density at radius 1 is 1.00 bits per heavy atom. The SMILES string of the molecule is COc1ccc(F)c(-c2ccc(COc3cccc([C@H](CC(=O)O)C4CC4)c3F)cc2[C@@H](OC)C(C)(C)OC)c1. The van der Waals surface area contributed by atoms with Gasteiger partial charge in [0, 0.05) is 25.7 Å². The number of ether oxygens (including phenoxy) is 4. The Morgan fingerprint density at radius 2 is 1.75 bits per heavy atom. The van der Waals surface area contributed by atoms with E-state index in [9.17, 15) is 9.90 Å². The molecule has 1 aliphatic carbocycles. The van der Waals surface area contributed by atoms with Crippen LogP contribution in [0.25, 0.3) is 11.1 Å². The second-order valence-corrected chi connectivity index (χ2v) is 10.7. The summed E-state index contributed by atoms with van der Waals surface area (Å²) < 4.78 is 53.4. The highest BCUT2D eigenvalue weighted by Gasteiger charge is 2.36. The minimum absolute atomic E-state index is 0.0329. The smallest absolute Gasteiger partial charge is 0.303 e. The van der Waals surface area contributed by atoms with Crippen molar-refractivity contribution < 1.29 is 37.6 Å². The van der Waals surface area contributed by atoms with Crippen LogP contribution in [0, 0.1) is 17.6 Å². The van der Waals surface area contributed by atoms with Crippen LogP contribution in [0.5, 0.6) is 11.5 Å². The first-order valence-electron chi connectivity index (χ1n) is 13.3. The molecule has 6 nitrogen and oxygen atoms in total. The molecule has 3 aromatic carbocycles. The lowest BCUT2D eigenvalue weighted by Gasteiger charge is -2.34. The monoisotopic (exact) mass is 554 g/mol. The van der Waals surface area contributed by atoms with Crippen molar-refractivity contribution in [3.63, 3.8) is 0 Å². The maximum absolute atomic E-state index is 15.5. The Hall–Kier alpha value is -3.49. The van der Waals surface area contributed by atoms with Crippen LogP contribution in [0.3, 0.4) is 0 Å². The molecule has 0 saturated heterocycles. The van der Waals surface area contributed by atoms with Crippen LogP contribution in [-0.2, 0) is 20.9 Å². The van der Waals surface area contributed by atoms with Crippen molar-refractivity contribution in [3.8, 4) is 22.6 Å². The molecule has 0 aliphatic heterocycles. The summed E-state index contributed by atoms with van der Waals surface area (Å²) in [6, 6.07) is 14.8. The molecule has 4 rings (SSSR count). The van der Waals surface area contributed by atoms with Crippen molar-refractivity contribution >= 4 is 5.97 Å². The van der Waals surface area contributed by atoms with Gasteiger partial charge in [-0.3, -0.25) is 4.79 Å². The van der Waals surface area contributed by atoms with Crippen LogP contribution < -0.4 is 9.47 Å². The summed E-state index contributed by atoms with van der Waals surface area (Å²) in [7, 11) is 4.67. The fraction of sp³-hybridized carbons (Fsp3) is 0.406. The summed E-state index contributed by atoms with van der Waals surface area (Å²) in [5.74, 6) is -1.55. The van der Waals surface area contributed by atoms with Gasteiger partial charge in [-0.1, -0.05) is 24.3 Å². The molecule has 0 unspecified atom stereocenters. The predicted octanol–water partition coefficient (Wildman–Crippen LogP) is 7.30. The lowest BCUT2D eigenvalue weighted by Crippen LogP contribution is -2.33. The van der Waals surface area contributed by atoms with Gasteiger partial charge in [0.15, 0.2) is 11.6 Å². The number of rotatable bonds is 13. The molecule has 0 spiro atoms. The summed E-state index contributed by atoms with van der Waals surface area (Å²) >= 11 is 0. The molecule has 0 heterocycles. The Labute approximate surface area is 233 Å². The van der Waals surface area contributed by atoms with E-state index >= 15 is 8.78 Å². The molecule has 214 valence electrons. The van der Waals surface area contributed by atoms with Crippen molar-refractivity contribution in [2.75, 3.05) is 21.3 Å². The van der Waals surface area contributed by atoms with E-state index in [4.69, 9.17) is 18.9 Å². The largest absolute Gasteiger partial charge is 0.497 e. The molecule has 0 radical (unpaired) electrons. The number of hydrogen-bond donors (Lipinski definition) is 1.